The van der Waals surface area contributed by atoms with E-state index in [-0.39, 0.29) is 17.3 Å². The van der Waals surface area contributed by atoms with Gasteiger partial charge in [-0.25, -0.2) is 0 Å². The van der Waals surface area contributed by atoms with Gasteiger partial charge in [-0.05, 0) is 46.0 Å². The van der Waals surface area contributed by atoms with Crippen LogP contribution in [0.5, 0.6) is 0 Å². The first kappa shape index (κ1) is 14.0. The van der Waals surface area contributed by atoms with E-state index in [1.54, 1.807) is 0 Å². The zero-order chi connectivity index (χ0) is 13.0. The summed E-state index contributed by atoms with van der Waals surface area (Å²) >= 11 is 0. The monoisotopic (exact) mass is 256 g/mol. The van der Waals surface area contributed by atoms with Gasteiger partial charge in [-0.1, -0.05) is 0 Å². The van der Waals surface area contributed by atoms with E-state index < -0.39 is 6.29 Å². The average molecular weight is 256 g/mol. The molecule has 1 spiro atoms. The SMILES string of the molecule is CCOC(OCC)C(=O)C1CCOC2(CCC2)C1. The summed E-state index contributed by atoms with van der Waals surface area (Å²) in [6.07, 6.45) is 4.40. The minimum absolute atomic E-state index is 0.00154. The number of rotatable bonds is 6. The molecule has 1 saturated carbocycles. The summed E-state index contributed by atoms with van der Waals surface area (Å²) in [6, 6.07) is 0. The second-order valence-corrected chi connectivity index (χ2v) is 5.22. The summed E-state index contributed by atoms with van der Waals surface area (Å²) in [4.78, 5) is 12.4. The summed E-state index contributed by atoms with van der Waals surface area (Å²) in [7, 11) is 0. The van der Waals surface area contributed by atoms with Crippen molar-refractivity contribution in [3.05, 3.63) is 0 Å². The number of hydrogen-bond acceptors (Lipinski definition) is 4. The van der Waals surface area contributed by atoms with E-state index in [1.165, 1.54) is 6.42 Å². The van der Waals surface area contributed by atoms with Gasteiger partial charge < -0.3 is 14.2 Å². The Bertz CT molecular complexity index is 280. The number of ketones is 1. The summed E-state index contributed by atoms with van der Waals surface area (Å²) < 4.78 is 16.7. The lowest BCUT2D eigenvalue weighted by molar-refractivity contribution is -0.185. The Morgan fingerprint density at radius 1 is 1.33 bits per heavy atom. The molecule has 18 heavy (non-hydrogen) atoms. The van der Waals surface area contributed by atoms with Crippen LogP contribution in [0.2, 0.25) is 0 Å². The van der Waals surface area contributed by atoms with Crippen LogP contribution >= 0.6 is 0 Å². The van der Waals surface area contributed by atoms with Crippen LogP contribution < -0.4 is 0 Å². The molecule has 2 rings (SSSR count). The molecule has 1 saturated heterocycles. The summed E-state index contributed by atoms with van der Waals surface area (Å²) in [5, 5.41) is 0. The Kier molecular flexibility index (Phi) is 4.76. The van der Waals surface area contributed by atoms with E-state index >= 15 is 0 Å². The first-order valence-corrected chi connectivity index (χ1v) is 7.11. The molecule has 0 aromatic carbocycles. The van der Waals surface area contributed by atoms with E-state index in [2.05, 4.69) is 0 Å². The first-order valence-electron chi connectivity index (χ1n) is 7.11. The van der Waals surface area contributed by atoms with Gasteiger partial charge >= 0.3 is 0 Å². The number of ether oxygens (including phenoxy) is 3. The van der Waals surface area contributed by atoms with Gasteiger partial charge in [0.05, 0.1) is 5.60 Å². The second-order valence-electron chi connectivity index (χ2n) is 5.22. The van der Waals surface area contributed by atoms with E-state index in [0.717, 1.165) is 25.7 Å². The molecular formula is C14H24O4. The zero-order valence-electron chi connectivity index (χ0n) is 11.4. The molecule has 1 atom stereocenters. The van der Waals surface area contributed by atoms with Crippen molar-refractivity contribution in [2.45, 2.75) is 57.8 Å². The second kappa shape index (κ2) is 6.13. The zero-order valence-corrected chi connectivity index (χ0v) is 11.4. The third-order valence-corrected chi connectivity index (χ3v) is 4.03. The minimum Gasteiger partial charge on any atom is -0.375 e. The maximum atomic E-state index is 12.4. The highest BCUT2D eigenvalue weighted by molar-refractivity contribution is 5.84. The van der Waals surface area contributed by atoms with Crippen molar-refractivity contribution >= 4 is 5.78 Å². The minimum atomic E-state index is -0.680. The Hall–Kier alpha value is -0.450. The van der Waals surface area contributed by atoms with Crippen LogP contribution in [0, 0.1) is 5.92 Å². The molecule has 104 valence electrons. The number of carbonyl (C=O) groups is 1. The largest absolute Gasteiger partial charge is 0.375 e. The van der Waals surface area contributed by atoms with Crippen LogP contribution in [0.3, 0.4) is 0 Å². The molecule has 4 nitrogen and oxygen atoms in total. The highest BCUT2D eigenvalue weighted by Crippen LogP contribution is 2.44. The predicted molar refractivity (Wildman–Crippen MR) is 67.3 cm³/mol. The molecule has 1 aliphatic carbocycles. The molecule has 1 unspecified atom stereocenters. The van der Waals surface area contributed by atoms with E-state index in [9.17, 15) is 4.79 Å². The van der Waals surface area contributed by atoms with Gasteiger partial charge in [0, 0.05) is 25.7 Å². The summed E-state index contributed by atoms with van der Waals surface area (Å²) in [5.41, 5.74) is 0.00154. The van der Waals surface area contributed by atoms with Crippen LogP contribution in [0.4, 0.5) is 0 Å². The van der Waals surface area contributed by atoms with Crippen molar-refractivity contribution in [1.29, 1.82) is 0 Å². The molecule has 4 heteroatoms. The number of Topliss-reactive ketones (excluding diaryl/α,β-unsaturated/α-hetero) is 1. The van der Waals surface area contributed by atoms with Gasteiger partial charge in [0.25, 0.3) is 0 Å². The number of hydrogen-bond donors (Lipinski definition) is 0. The van der Waals surface area contributed by atoms with E-state index in [1.807, 2.05) is 13.8 Å². The molecule has 0 aromatic heterocycles. The van der Waals surface area contributed by atoms with Crippen LogP contribution in [-0.4, -0.2) is 37.5 Å². The van der Waals surface area contributed by atoms with Crippen LogP contribution in [0.15, 0.2) is 0 Å². The average Bonchev–Trinajstić information content (AvgIpc) is 2.36. The fraction of sp³-hybridized carbons (Fsp3) is 0.929. The third kappa shape index (κ3) is 2.92. The van der Waals surface area contributed by atoms with Crippen molar-refractivity contribution < 1.29 is 19.0 Å². The lowest BCUT2D eigenvalue weighted by Crippen LogP contribution is -2.48. The Morgan fingerprint density at radius 3 is 2.50 bits per heavy atom. The molecular weight excluding hydrogens is 232 g/mol. The Morgan fingerprint density at radius 2 is 2.00 bits per heavy atom. The highest BCUT2D eigenvalue weighted by atomic mass is 16.7. The van der Waals surface area contributed by atoms with E-state index in [4.69, 9.17) is 14.2 Å². The maximum absolute atomic E-state index is 12.4. The van der Waals surface area contributed by atoms with Gasteiger partial charge in [0.2, 0.25) is 6.29 Å². The smallest absolute Gasteiger partial charge is 0.218 e. The lowest BCUT2D eigenvalue weighted by atomic mass is 9.71. The summed E-state index contributed by atoms with van der Waals surface area (Å²) in [6.45, 7) is 5.48. The third-order valence-electron chi connectivity index (χ3n) is 4.03. The van der Waals surface area contributed by atoms with Gasteiger partial charge in [0.15, 0.2) is 5.78 Å². The van der Waals surface area contributed by atoms with Crippen LogP contribution in [0.1, 0.15) is 46.0 Å². The molecule has 1 heterocycles. The van der Waals surface area contributed by atoms with Crippen LogP contribution in [-0.2, 0) is 19.0 Å². The maximum Gasteiger partial charge on any atom is 0.218 e. The van der Waals surface area contributed by atoms with Crippen molar-refractivity contribution in [2.75, 3.05) is 19.8 Å². The molecule has 0 radical (unpaired) electrons. The molecule has 0 N–H and O–H groups in total. The predicted octanol–water partition coefficient (Wildman–Crippen LogP) is 2.30. The Balaban J connectivity index is 1.93. The fourth-order valence-corrected chi connectivity index (χ4v) is 2.90. The quantitative estimate of drug-likeness (QED) is 0.684. The van der Waals surface area contributed by atoms with Crippen molar-refractivity contribution in [2.24, 2.45) is 5.92 Å². The normalized spacial score (nSPS) is 26.3. The fourth-order valence-electron chi connectivity index (χ4n) is 2.90. The van der Waals surface area contributed by atoms with Gasteiger partial charge in [0.1, 0.15) is 0 Å². The Labute approximate surface area is 109 Å². The van der Waals surface area contributed by atoms with E-state index in [0.29, 0.717) is 19.8 Å². The molecule has 2 aliphatic rings. The molecule has 0 bridgehead atoms. The first-order chi connectivity index (χ1) is 8.71. The van der Waals surface area contributed by atoms with Gasteiger partial charge in [-0.2, -0.15) is 0 Å². The molecule has 0 aromatic rings. The standard InChI is InChI=1S/C14H24O4/c1-3-16-13(17-4-2)12(15)11-6-9-18-14(10-11)7-5-8-14/h11,13H,3-10H2,1-2H3. The number of carbonyl (C=O) groups excluding carboxylic acids is 1. The van der Waals surface area contributed by atoms with Crippen LogP contribution in [0.25, 0.3) is 0 Å². The molecule has 0 amide bonds. The highest BCUT2D eigenvalue weighted by Gasteiger charge is 2.45. The van der Waals surface area contributed by atoms with Crippen molar-refractivity contribution in [3.8, 4) is 0 Å². The van der Waals surface area contributed by atoms with Crippen molar-refractivity contribution in [1.82, 2.24) is 0 Å². The van der Waals surface area contributed by atoms with Gasteiger partial charge in [-0.15, -0.1) is 0 Å². The summed E-state index contributed by atoms with van der Waals surface area (Å²) in [5.74, 6) is 0.149. The lowest BCUT2D eigenvalue weighted by Gasteiger charge is -2.47. The van der Waals surface area contributed by atoms with Crippen molar-refractivity contribution in [3.63, 3.8) is 0 Å². The topological polar surface area (TPSA) is 44.8 Å². The molecule has 1 aliphatic heterocycles. The van der Waals surface area contributed by atoms with Gasteiger partial charge in [-0.3, -0.25) is 4.79 Å². The molecule has 2 fully saturated rings.